The summed E-state index contributed by atoms with van der Waals surface area (Å²) in [5.41, 5.74) is 0. The quantitative estimate of drug-likeness (QED) is 0.433. The fourth-order valence-corrected chi connectivity index (χ4v) is 0.922. The monoisotopic (exact) mass is 147 g/mol. The molecule has 9 heavy (non-hydrogen) atoms. The molecule has 0 saturated carbocycles. The lowest BCUT2D eigenvalue weighted by atomic mass is 10.2. The van der Waals surface area contributed by atoms with E-state index in [-0.39, 0.29) is 0 Å². The first-order valence-electron chi connectivity index (χ1n) is 3.07. The molecule has 1 atom stereocenters. The molecular weight excluding hydrogens is 134 g/mol. The maximum Gasteiger partial charge on any atom is 0.0280 e. The van der Waals surface area contributed by atoms with Crippen molar-refractivity contribution in [2.45, 2.75) is 12.5 Å². The van der Waals surface area contributed by atoms with E-state index in [1.54, 1.807) is 0 Å². The minimum absolute atomic E-state index is 0.433. The van der Waals surface area contributed by atoms with Crippen molar-refractivity contribution in [3.8, 4) is 0 Å². The van der Waals surface area contributed by atoms with Gasteiger partial charge in [0.05, 0.1) is 0 Å². The van der Waals surface area contributed by atoms with Crippen LogP contribution in [0.4, 0.5) is 0 Å². The van der Waals surface area contributed by atoms with Crippen LogP contribution in [0, 0.1) is 0 Å². The number of likely N-dealkylation sites (N-methyl/N-ethyl adjacent to an activating group) is 1. The lowest BCUT2D eigenvalue weighted by Crippen LogP contribution is -2.25. The normalized spacial score (nSPS) is 13.8. The predicted octanol–water partition coefficient (Wildman–Crippen LogP) is 1.73. The van der Waals surface area contributed by atoms with Crippen LogP contribution in [-0.2, 0) is 0 Å². The zero-order chi connectivity index (χ0) is 7.28. The van der Waals surface area contributed by atoms with Crippen LogP contribution >= 0.6 is 11.6 Å². The summed E-state index contributed by atoms with van der Waals surface area (Å²) in [5, 5.41) is 0. The summed E-state index contributed by atoms with van der Waals surface area (Å²) in [5.74, 6) is 0.703. The molecule has 54 valence electrons. The molecule has 2 heteroatoms. The summed E-state index contributed by atoms with van der Waals surface area (Å²) < 4.78 is 0. The van der Waals surface area contributed by atoms with Gasteiger partial charge in [0, 0.05) is 11.9 Å². The summed E-state index contributed by atoms with van der Waals surface area (Å²) >= 11 is 5.54. The molecule has 0 N–H and O–H groups in total. The third-order valence-corrected chi connectivity index (χ3v) is 1.56. The van der Waals surface area contributed by atoms with Gasteiger partial charge in [-0.25, -0.2) is 0 Å². The molecule has 0 aliphatic carbocycles. The first-order valence-corrected chi connectivity index (χ1v) is 3.60. The second-order valence-electron chi connectivity index (χ2n) is 2.24. The maximum absolute atomic E-state index is 5.54. The molecule has 0 bridgehead atoms. The van der Waals surface area contributed by atoms with E-state index in [0.717, 1.165) is 6.42 Å². The second-order valence-corrected chi connectivity index (χ2v) is 2.62. The Hall–Kier alpha value is -0.0100. The van der Waals surface area contributed by atoms with Crippen LogP contribution in [0.25, 0.3) is 0 Å². The van der Waals surface area contributed by atoms with Crippen molar-refractivity contribution in [1.82, 2.24) is 4.90 Å². The van der Waals surface area contributed by atoms with Gasteiger partial charge < -0.3 is 4.90 Å². The van der Waals surface area contributed by atoms with E-state index in [9.17, 15) is 0 Å². The maximum atomic E-state index is 5.54. The van der Waals surface area contributed by atoms with Crippen molar-refractivity contribution >= 4 is 11.6 Å². The van der Waals surface area contributed by atoms with Gasteiger partial charge in [-0.2, -0.15) is 0 Å². The minimum atomic E-state index is 0.433. The van der Waals surface area contributed by atoms with Crippen LogP contribution in [0.3, 0.4) is 0 Å². The minimum Gasteiger partial charge on any atom is -0.303 e. The summed E-state index contributed by atoms with van der Waals surface area (Å²) in [4.78, 5) is 2.11. The zero-order valence-corrected chi connectivity index (χ0v) is 6.86. The Labute approximate surface area is 62.3 Å². The van der Waals surface area contributed by atoms with E-state index in [4.69, 9.17) is 11.6 Å². The smallest absolute Gasteiger partial charge is 0.0280 e. The van der Waals surface area contributed by atoms with Crippen molar-refractivity contribution in [2.75, 3.05) is 20.0 Å². The Kier molecular flexibility index (Phi) is 4.83. The van der Waals surface area contributed by atoms with Gasteiger partial charge in [0.2, 0.25) is 0 Å². The van der Waals surface area contributed by atoms with Crippen molar-refractivity contribution in [2.24, 2.45) is 0 Å². The molecule has 0 fully saturated rings. The van der Waals surface area contributed by atoms with E-state index in [1.165, 1.54) is 0 Å². The van der Waals surface area contributed by atoms with Crippen LogP contribution in [0.15, 0.2) is 12.7 Å². The highest BCUT2D eigenvalue weighted by Crippen LogP contribution is 2.00. The highest BCUT2D eigenvalue weighted by molar-refractivity contribution is 6.17. The number of alkyl halides is 1. The van der Waals surface area contributed by atoms with Crippen molar-refractivity contribution in [1.29, 1.82) is 0 Å². The van der Waals surface area contributed by atoms with Gasteiger partial charge in [0.1, 0.15) is 0 Å². The van der Waals surface area contributed by atoms with Gasteiger partial charge in [-0.3, -0.25) is 0 Å². The van der Waals surface area contributed by atoms with Crippen LogP contribution in [0.2, 0.25) is 0 Å². The van der Waals surface area contributed by atoms with Gasteiger partial charge in [0.15, 0.2) is 0 Å². The fourth-order valence-electron chi connectivity index (χ4n) is 0.699. The van der Waals surface area contributed by atoms with E-state index in [0.29, 0.717) is 11.9 Å². The zero-order valence-electron chi connectivity index (χ0n) is 6.10. The topological polar surface area (TPSA) is 3.24 Å². The summed E-state index contributed by atoms with van der Waals surface area (Å²) in [6.45, 7) is 3.70. The standard InChI is InChI=1S/C7H14ClN/c1-4-7(5-6-8)9(2)3/h4,7H,1,5-6H2,2-3H3. The molecule has 0 aromatic heterocycles. The molecule has 0 spiro atoms. The summed E-state index contributed by atoms with van der Waals surface area (Å²) in [7, 11) is 4.05. The van der Waals surface area contributed by atoms with Gasteiger partial charge >= 0.3 is 0 Å². The van der Waals surface area contributed by atoms with Crippen LogP contribution < -0.4 is 0 Å². The number of halogens is 1. The van der Waals surface area contributed by atoms with Gasteiger partial charge in [-0.15, -0.1) is 18.2 Å². The molecule has 0 heterocycles. The lowest BCUT2D eigenvalue weighted by Gasteiger charge is -2.18. The largest absolute Gasteiger partial charge is 0.303 e. The molecule has 0 aliphatic rings. The highest BCUT2D eigenvalue weighted by Gasteiger charge is 2.03. The van der Waals surface area contributed by atoms with Crippen molar-refractivity contribution < 1.29 is 0 Å². The molecule has 0 saturated heterocycles. The molecule has 1 nitrogen and oxygen atoms in total. The van der Waals surface area contributed by atoms with Crippen LogP contribution in [0.1, 0.15) is 6.42 Å². The van der Waals surface area contributed by atoms with Crippen LogP contribution in [-0.4, -0.2) is 30.9 Å². The fraction of sp³-hybridized carbons (Fsp3) is 0.714. The third kappa shape index (κ3) is 3.55. The third-order valence-electron chi connectivity index (χ3n) is 1.34. The number of nitrogens with zero attached hydrogens (tertiary/aromatic N) is 1. The number of rotatable bonds is 4. The molecule has 0 amide bonds. The molecule has 0 aromatic carbocycles. The molecule has 0 aromatic rings. The Morgan fingerprint density at radius 1 is 1.67 bits per heavy atom. The number of hydrogen-bond donors (Lipinski definition) is 0. The van der Waals surface area contributed by atoms with E-state index >= 15 is 0 Å². The molecule has 0 radical (unpaired) electrons. The van der Waals surface area contributed by atoms with Crippen LogP contribution in [0.5, 0.6) is 0 Å². The summed E-state index contributed by atoms with van der Waals surface area (Å²) in [6, 6.07) is 0.433. The Morgan fingerprint density at radius 2 is 2.22 bits per heavy atom. The number of hydrogen-bond acceptors (Lipinski definition) is 1. The van der Waals surface area contributed by atoms with E-state index in [1.807, 2.05) is 20.2 Å². The first kappa shape index (κ1) is 8.99. The molecular formula is C7H14ClN. The molecule has 0 rings (SSSR count). The SMILES string of the molecule is C=CC(CCCl)N(C)C. The lowest BCUT2D eigenvalue weighted by molar-refractivity contribution is 0.337. The Balaban J connectivity index is 3.54. The molecule has 1 unspecified atom stereocenters. The van der Waals surface area contributed by atoms with Gasteiger partial charge in [0.25, 0.3) is 0 Å². The Bertz CT molecular complexity index is 81.0. The van der Waals surface area contributed by atoms with E-state index in [2.05, 4.69) is 11.5 Å². The Morgan fingerprint density at radius 3 is 2.33 bits per heavy atom. The van der Waals surface area contributed by atoms with E-state index < -0.39 is 0 Å². The average Bonchev–Trinajstić information content (AvgIpc) is 1.82. The average molecular weight is 148 g/mol. The molecule has 0 aliphatic heterocycles. The van der Waals surface area contributed by atoms with Gasteiger partial charge in [-0.1, -0.05) is 6.08 Å². The van der Waals surface area contributed by atoms with Gasteiger partial charge in [-0.05, 0) is 20.5 Å². The highest BCUT2D eigenvalue weighted by atomic mass is 35.5. The second kappa shape index (κ2) is 4.83. The van der Waals surface area contributed by atoms with Crippen molar-refractivity contribution in [3.63, 3.8) is 0 Å². The predicted molar refractivity (Wildman–Crippen MR) is 43.0 cm³/mol. The van der Waals surface area contributed by atoms with Crippen molar-refractivity contribution in [3.05, 3.63) is 12.7 Å². The summed E-state index contributed by atoms with van der Waals surface area (Å²) in [6.07, 6.45) is 2.90. The first-order chi connectivity index (χ1) is 4.22.